The molecule has 0 atom stereocenters. The van der Waals surface area contributed by atoms with Crippen LogP contribution in [0.1, 0.15) is 36.8 Å². The Morgan fingerprint density at radius 2 is 2.18 bits per heavy atom. The number of aromatic nitrogens is 1. The van der Waals surface area contributed by atoms with Gasteiger partial charge in [0.2, 0.25) is 0 Å². The molecule has 0 aliphatic rings. The van der Waals surface area contributed by atoms with E-state index in [1.165, 1.54) is 0 Å². The highest BCUT2D eigenvalue weighted by atomic mass is 16.2. The number of carbonyl (C=O) groups is 1. The predicted molar refractivity (Wildman–Crippen MR) is 70.4 cm³/mol. The SMILES string of the molecule is CCN(C(=O)c1cnc(C)cc1NC)C(C)C. The van der Waals surface area contributed by atoms with Gasteiger partial charge in [0.05, 0.1) is 11.3 Å². The minimum Gasteiger partial charge on any atom is -0.387 e. The van der Waals surface area contributed by atoms with Gasteiger partial charge in [0.25, 0.3) is 5.91 Å². The molecule has 94 valence electrons. The van der Waals surface area contributed by atoms with Gasteiger partial charge in [-0.15, -0.1) is 0 Å². The van der Waals surface area contributed by atoms with E-state index in [9.17, 15) is 4.79 Å². The molecule has 0 radical (unpaired) electrons. The molecule has 0 aliphatic heterocycles. The number of aryl methyl sites for hydroxylation is 1. The monoisotopic (exact) mass is 235 g/mol. The summed E-state index contributed by atoms with van der Waals surface area (Å²) in [5.41, 5.74) is 2.37. The second-order valence-electron chi connectivity index (χ2n) is 4.31. The second kappa shape index (κ2) is 5.66. The Morgan fingerprint density at radius 1 is 1.53 bits per heavy atom. The van der Waals surface area contributed by atoms with Crippen molar-refractivity contribution >= 4 is 11.6 Å². The van der Waals surface area contributed by atoms with E-state index < -0.39 is 0 Å². The van der Waals surface area contributed by atoms with Crippen LogP contribution in [0.25, 0.3) is 0 Å². The molecule has 1 amide bonds. The quantitative estimate of drug-likeness (QED) is 0.871. The number of pyridine rings is 1. The lowest BCUT2D eigenvalue weighted by atomic mass is 10.1. The molecule has 0 spiro atoms. The predicted octanol–water partition coefficient (Wildman–Crippen LogP) is 2.30. The molecule has 0 saturated carbocycles. The van der Waals surface area contributed by atoms with Gasteiger partial charge in [-0.1, -0.05) is 0 Å². The van der Waals surface area contributed by atoms with Crippen LogP contribution in [0.4, 0.5) is 5.69 Å². The highest BCUT2D eigenvalue weighted by Crippen LogP contribution is 2.18. The van der Waals surface area contributed by atoms with Gasteiger partial charge >= 0.3 is 0 Å². The lowest BCUT2D eigenvalue weighted by Gasteiger charge is -2.26. The minimum atomic E-state index is 0.0272. The summed E-state index contributed by atoms with van der Waals surface area (Å²) in [6, 6.07) is 2.08. The number of carbonyl (C=O) groups excluding carboxylic acids is 1. The number of nitrogens with one attached hydrogen (secondary N) is 1. The number of amides is 1. The fourth-order valence-corrected chi connectivity index (χ4v) is 1.84. The van der Waals surface area contributed by atoms with Gasteiger partial charge in [0.1, 0.15) is 0 Å². The zero-order valence-corrected chi connectivity index (χ0v) is 11.2. The molecule has 0 saturated heterocycles. The molecule has 0 unspecified atom stereocenters. The molecule has 4 nitrogen and oxygen atoms in total. The maximum Gasteiger partial charge on any atom is 0.257 e. The summed E-state index contributed by atoms with van der Waals surface area (Å²) in [6.07, 6.45) is 1.65. The van der Waals surface area contributed by atoms with Crippen molar-refractivity contribution in [3.8, 4) is 0 Å². The van der Waals surface area contributed by atoms with Crippen molar-refractivity contribution in [1.82, 2.24) is 9.88 Å². The Hall–Kier alpha value is -1.58. The fraction of sp³-hybridized carbons (Fsp3) is 0.538. The van der Waals surface area contributed by atoms with E-state index in [4.69, 9.17) is 0 Å². The van der Waals surface area contributed by atoms with Crippen molar-refractivity contribution < 1.29 is 4.79 Å². The summed E-state index contributed by atoms with van der Waals surface area (Å²) in [6.45, 7) is 8.63. The van der Waals surface area contributed by atoms with Crippen LogP contribution in [0.3, 0.4) is 0 Å². The van der Waals surface area contributed by atoms with Crippen LogP contribution in [-0.4, -0.2) is 35.4 Å². The first-order valence-corrected chi connectivity index (χ1v) is 5.96. The van der Waals surface area contributed by atoms with Crippen LogP contribution >= 0.6 is 0 Å². The number of anilines is 1. The molecular formula is C13H21N3O. The molecule has 0 fully saturated rings. The third-order valence-electron chi connectivity index (χ3n) is 2.77. The summed E-state index contributed by atoms with van der Waals surface area (Å²) in [4.78, 5) is 18.4. The van der Waals surface area contributed by atoms with Crippen molar-refractivity contribution in [1.29, 1.82) is 0 Å². The van der Waals surface area contributed by atoms with Gasteiger partial charge < -0.3 is 10.2 Å². The number of nitrogens with zero attached hydrogens (tertiary/aromatic N) is 2. The van der Waals surface area contributed by atoms with E-state index in [1.54, 1.807) is 6.20 Å². The Balaban J connectivity index is 3.11. The average molecular weight is 235 g/mol. The minimum absolute atomic E-state index is 0.0272. The zero-order chi connectivity index (χ0) is 13.0. The smallest absolute Gasteiger partial charge is 0.257 e. The molecule has 1 aromatic rings. The van der Waals surface area contributed by atoms with Gasteiger partial charge in [-0.05, 0) is 33.8 Å². The van der Waals surface area contributed by atoms with E-state index in [1.807, 2.05) is 45.7 Å². The molecule has 1 aromatic heterocycles. The van der Waals surface area contributed by atoms with E-state index in [0.29, 0.717) is 12.1 Å². The normalized spacial score (nSPS) is 10.5. The van der Waals surface area contributed by atoms with E-state index in [0.717, 1.165) is 11.4 Å². The van der Waals surface area contributed by atoms with E-state index in [-0.39, 0.29) is 11.9 Å². The number of hydrogen-bond acceptors (Lipinski definition) is 3. The van der Waals surface area contributed by atoms with Crippen LogP contribution in [-0.2, 0) is 0 Å². The van der Waals surface area contributed by atoms with Crippen molar-refractivity contribution in [2.24, 2.45) is 0 Å². The third-order valence-corrected chi connectivity index (χ3v) is 2.77. The lowest BCUT2D eigenvalue weighted by Crippen LogP contribution is -2.37. The molecule has 1 N–H and O–H groups in total. The number of hydrogen-bond donors (Lipinski definition) is 1. The first-order chi connectivity index (χ1) is 8.01. The maximum absolute atomic E-state index is 12.4. The average Bonchev–Trinajstić information content (AvgIpc) is 2.28. The summed E-state index contributed by atoms with van der Waals surface area (Å²) in [7, 11) is 1.82. The van der Waals surface area contributed by atoms with Crippen LogP contribution < -0.4 is 5.32 Å². The van der Waals surface area contributed by atoms with Crippen molar-refractivity contribution in [3.63, 3.8) is 0 Å². The summed E-state index contributed by atoms with van der Waals surface area (Å²) >= 11 is 0. The summed E-state index contributed by atoms with van der Waals surface area (Å²) < 4.78 is 0. The van der Waals surface area contributed by atoms with Gasteiger partial charge in [0, 0.05) is 31.5 Å². The molecule has 0 aliphatic carbocycles. The summed E-state index contributed by atoms with van der Waals surface area (Å²) in [5.74, 6) is 0.0272. The molecule has 1 rings (SSSR count). The van der Waals surface area contributed by atoms with Gasteiger partial charge in [-0.3, -0.25) is 9.78 Å². The molecule has 0 bridgehead atoms. The van der Waals surface area contributed by atoms with Crippen molar-refractivity contribution in [2.45, 2.75) is 33.7 Å². The third kappa shape index (κ3) is 2.96. The van der Waals surface area contributed by atoms with Crippen LogP contribution in [0.5, 0.6) is 0 Å². The Kier molecular flexibility index (Phi) is 4.49. The zero-order valence-electron chi connectivity index (χ0n) is 11.2. The van der Waals surface area contributed by atoms with Crippen molar-refractivity contribution in [2.75, 3.05) is 18.9 Å². The Labute approximate surface area is 103 Å². The highest BCUT2D eigenvalue weighted by Gasteiger charge is 2.20. The van der Waals surface area contributed by atoms with Gasteiger partial charge in [-0.25, -0.2) is 0 Å². The van der Waals surface area contributed by atoms with Gasteiger partial charge in [0.15, 0.2) is 0 Å². The molecule has 4 heteroatoms. The molecular weight excluding hydrogens is 214 g/mol. The summed E-state index contributed by atoms with van der Waals surface area (Å²) in [5, 5.41) is 3.05. The van der Waals surface area contributed by atoms with Crippen LogP contribution in [0, 0.1) is 6.92 Å². The number of rotatable bonds is 4. The lowest BCUT2D eigenvalue weighted by molar-refractivity contribution is 0.0717. The molecule has 17 heavy (non-hydrogen) atoms. The van der Waals surface area contributed by atoms with Crippen molar-refractivity contribution in [3.05, 3.63) is 23.5 Å². The van der Waals surface area contributed by atoms with E-state index in [2.05, 4.69) is 10.3 Å². The second-order valence-corrected chi connectivity index (χ2v) is 4.31. The van der Waals surface area contributed by atoms with E-state index >= 15 is 0 Å². The topological polar surface area (TPSA) is 45.2 Å². The maximum atomic E-state index is 12.4. The standard InChI is InChI=1S/C13H21N3O/c1-6-16(9(2)3)13(17)11-8-15-10(4)7-12(11)14-5/h7-9H,6H2,1-5H3,(H,14,15). The largest absolute Gasteiger partial charge is 0.387 e. The first-order valence-electron chi connectivity index (χ1n) is 5.96. The molecule has 1 heterocycles. The first kappa shape index (κ1) is 13.5. The highest BCUT2D eigenvalue weighted by molar-refractivity contribution is 5.99. The van der Waals surface area contributed by atoms with Crippen LogP contribution in [0.2, 0.25) is 0 Å². The van der Waals surface area contributed by atoms with Crippen LogP contribution in [0.15, 0.2) is 12.3 Å². The van der Waals surface area contributed by atoms with Gasteiger partial charge in [-0.2, -0.15) is 0 Å². The Bertz CT molecular complexity index is 402. The molecule has 0 aromatic carbocycles. The fourth-order valence-electron chi connectivity index (χ4n) is 1.84. The Morgan fingerprint density at radius 3 is 2.65 bits per heavy atom.